The zero-order valence-corrected chi connectivity index (χ0v) is 17.0. The van der Waals surface area contributed by atoms with E-state index in [2.05, 4.69) is 26.6 Å². The Morgan fingerprint density at radius 2 is 1.74 bits per heavy atom. The minimum Gasteiger partial charge on any atom is -0.367 e. The number of nitrogens with zero attached hydrogens (tertiary/aromatic N) is 4. The summed E-state index contributed by atoms with van der Waals surface area (Å²) in [6, 6.07) is 8.97. The predicted octanol–water partition coefficient (Wildman–Crippen LogP) is 2.78. The molecule has 2 aliphatic rings. The van der Waals surface area contributed by atoms with E-state index in [1.807, 2.05) is 11.0 Å². The molecule has 2 aliphatic heterocycles. The Morgan fingerprint density at radius 3 is 2.42 bits per heavy atom. The molecule has 2 fully saturated rings. The summed E-state index contributed by atoms with van der Waals surface area (Å²) < 4.78 is 27.1. The molecular weight excluding hydrogens is 402 g/mol. The number of halogens is 2. The Kier molecular flexibility index (Phi) is 6.16. The molecule has 2 N–H and O–H groups in total. The molecule has 1 aromatic carbocycles. The molecule has 2 amide bonds. The van der Waals surface area contributed by atoms with Gasteiger partial charge in [0, 0.05) is 50.5 Å². The van der Waals surface area contributed by atoms with Crippen LogP contribution in [0.2, 0.25) is 0 Å². The van der Waals surface area contributed by atoms with Crippen molar-refractivity contribution in [3.63, 3.8) is 0 Å². The summed E-state index contributed by atoms with van der Waals surface area (Å²) in [5.41, 5.74) is 0.888. The first-order valence-corrected chi connectivity index (χ1v) is 10.4. The molecule has 0 bridgehead atoms. The molecule has 1 aromatic heterocycles. The first-order chi connectivity index (χ1) is 15.0. The lowest BCUT2D eigenvalue weighted by atomic mass is 10.1. The number of amides is 2. The second-order valence-corrected chi connectivity index (χ2v) is 7.92. The number of nitriles is 1. The van der Waals surface area contributed by atoms with Crippen LogP contribution in [0.25, 0.3) is 0 Å². The van der Waals surface area contributed by atoms with Gasteiger partial charge in [-0.25, -0.2) is 18.6 Å². The van der Waals surface area contributed by atoms with Crippen LogP contribution in [-0.4, -0.2) is 49.3 Å². The van der Waals surface area contributed by atoms with Crippen LogP contribution in [0.4, 0.5) is 25.1 Å². The fourth-order valence-electron chi connectivity index (χ4n) is 4.14. The van der Waals surface area contributed by atoms with Gasteiger partial charge in [-0.05, 0) is 43.5 Å². The van der Waals surface area contributed by atoms with Gasteiger partial charge in [-0.3, -0.25) is 0 Å². The van der Waals surface area contributed by atoms with Crippen molar-refractivity contribution in [3.05, 3.63) is 53.7 Å². The number of piperidine rings is 1. The fraction of sp³-hybridized carbons (Fsp3) is 0.409. The van der Waals surface area contributed by atoms with Crippen molar-refractivity contribution in [2.45, 2.75) is 31.3 Å². The number of carbonyl (C=O) groups is 1. The van der Waals surface area contributed by atoms with Gasteiger partial charge in [-0.1, -0.05) is 0 Å². The summed E-state index contributed by atoms with van der Waals surface area (Å²) in [4.78, 5) is 20.7. The van der Waals surface area contributed by atoms with E-state index in [1.54, 1.807) is 12.3 Å². The monoisotopic (exact) mass is 426 g/mol. The summed E-state index contributed by atoms with van der Waals surface area (Å²) in [5, 5.41) is 14.9. The fourth-order valence-corrected chi connectivity index (χ4v) is 4.14. The number of aromatic nitrogens is 1. The molecule has 162 valence electrons. The summed E-state index contributed by atoms with van der Waals surface area (Å²) >= 11 is 0. The van der Waals surface area contributed by atoms with Gasteiger partial charge in [0.1, 0.15) is 23.5 Å². The van der Waals surface area contributed by atoms with Crippen LogP contribution in [0.1, 0.15) is 24.8 Å². The normalized spacial score (nSPS) is 19.2. The SMILES string of the molecule is N#Cc1ccc(N2CCC(NC(=O)NC3CCN(c4ccc(F)cc4F)C3)CC2)nc1. The maximum absolute atomic E-state index is 14.0. The van der Waals surface area contributed by atoms with Gasteiger partial charge in [0.25, 0.3) is 0 Å². The van der Waals surface area contributed by atoms with Gasteiger partial charge in [0.15, 0.2) is 0 Å². The molecule has 4 rings (SSSR count). The first kappa shape index (κ1) is 20.8. The summed E-state index contributed by atoms with van der Waals surface area (Å²) in [6.07, 6.45) is 3.86. The molecule has 31 heavy (non-hydrogen) atoms. The average Bonchev–Trinajstić information content (AvgIpc) is 3.22. The minimum absolute atomic E-state index is 0.0710. The molecule has 0 spiro atoms. The molecule has 0 aliphatic carbocycles. The summed E-state index contributed by atoms with van der Waals surface area (Å²) in [5.74, 6) is -0.356. The number of pyridine rings is 1. The number of hydrogen-bond acceptors (Lipinski definition) is 5. The zero-order chi connectivity index (χ0) is 21.8. The van der Waals surface area contributed by atoms with Crippen LogP contribution in [0.15, 0.2) is 36.5 Å². The number of urea groups is 1. The lowest BCUT2D eigenvalue weighted by molar-refractivity contribution is 0.231. The van der Waals surface area contributed by atoms with Crippen molar-refractivity contribution < 1.29 is 13.6 Å². The van der Waals surface area contributed by atoms with Gasteiger partial charge in [-0.15, -0.1) is 0 Å². The number of carbonyl (C=O) groups excluding carboxylic acids is 1. The molecule has 0 saturated carbocycles. The van der Waals surface area contributed by atoms with Gasteiger partial charge < -0.3 is 20.4 Å². The third kappa shape index (κ3) is 5.02. The zero-order valence-electron chi connectivity index (χ0n) is 17.0. The van der Waals surface area contributed by atoms with Crippen molar-refractivity contribution in [1.82, 2.24) is 15.6 Å². The third-order valence-corrected chi connectivity index (χ3v) is 5.81. The molecule has 1 atom stereocenters. The number of benzene rings is 1. The largest absolute Gasteiger partial charge is 0.367 e. The second-order valence-electron chi connectivity index (χ2n) is 7.92. The number of hydrogen-bond donors (Lipinski definition) is 2. The molecule has 2 aromatic rings. The summed E-state index contributed by atoms with van der Waals surface area (Å²) in [6.45, 7) is 2.62. The maximum Gasteiger partial charge on any atom is 0.315 e. The highest BCUT2D eigenvalue weighted by Gasteiger charge is 2.27. The van der Waals surface area contributed by atoms with E-state index in [1.165, 1.54) is 12.1 Å². The van der Waals surface area contributed by atoms with Gasteiger partial charge in [0.2, 0.25) is 0 Å². The minimum atomic E-state index is -0.601. The molecule has 3 heterocycles. The van der Waals surface area contributed by atoms with Gasteiger partial charge >= 0.3 is 6.03 Å². The molecule has 0 radical (unpaired) electrons. The molecule has 9 heteroatoms. The van der Waals surface area contributed by atoms with Crippen molar-refractivity contribution >= 4 is 17.5 Å². The van der Waals surface area contributed by atoms with Crippen molar-refractivity contribution in [1.29, 1.82) is 5.26 Å². The highest BCUT2D eigenvalue weighted by atomic mass is 19.1. The Balaban J connectivity index is 1.22. The predicted molar refractivity (Wildman–Crippen MR) is 113 cm³/mol. The smallest absolute Gasteiger partial charge is 0.315 e. The van der Waals surface area contributed by atoms with E-state index in [0.717, 1.165) is 37.8 Å². The molecule has 1 unspecified atom stereocenters. The number of rotatable bonds is 4. The van der Waals surface area contributed by atoms with E-state index in [-0.39, 0.29) is 18.1 Å². The number of anilines is 2. The highest BCUT2D eigenvalue weighted by molar-refractivity contribution is 5.75. The standard InChI is InChI=1S/C22H24F2N6O/c23-16-2-3-20(19(24)11-16)30-10-7-18(14-30)28-22(31)27-17-5-8-29(9-6-17)21-4-1-15(12-25)13-26-21/h1-4,11,13,17-18H,5-10,14H2,(H2,27,28,31). The van der Waals surface area contributed by atoms with Crippen molar-refractivity contribution in [2.75, 3.05) is 36.0 Å². The van der Waals surface area contributed by atoms with E-state index in [9.17, 15) is 13.6 Å². The summed E-state index contributed by atoms with van der Waals surface area (Å²) in [7, 11) is 0. The topological polar surface area (TPSA) is 84.3 Å². The lowest BCUT2D eigenvalue weighted by Gasteiger charge is -2.33. The van der Waals surface area contributed by atoms with Gasteiger partial charge in [-0.2, -0.15) is 5.26 Å². The van der Waals surface area contributed by atoms with E-state index in [4.69, 9.17) is 5.26 Å². The Bertz CT molecular complexity index is 969. The van der Waals surface area contributed by atoms with E-state index in [0.29, 0.717) is 30.8 Å². The van der Waals surface area contributed by atoms with Crippen molar-refractivity contribution in [2.24, 2.45) is 0 Å². The Hall–Kier alpha value is -3.41. The van der Waals surface area contributed by atoms with Crippen LogP contribution in [0.5, 0.6) is 0 Å². The van der Waals surface area contributed by atoms with Crippen LogP contribution in [-0.2, 0) is 0 Å². The van der Waals surface area contributed by atoms with E-state index < -0.39 is 11.6 Å². The molecule has 7 nitrogen and oxygen atoms in total. The first-order valence-electron chi connectivity index (χ1n) is 10.4. The van der Waals surface area contributed by atoms with Crippen molar-refractivity contribution in [3.8, 4) is 6.07 Å². The lowest BCUT2D eigenvalue weighted by Crippen LogP contribution is -2.50. The van der Waals surface area contributed by atoms with Crippen LogP contribution in [0, 0.1) is 23.0 Å². The van der Waals surface area contributed by atoms with E-state index >= 15 is 0 Å². The molecular formula is C22H24F2N6O. The highest BCUT2D eigenvalue weighted by Crippen LogP contribution is 2.24. The van der Waals surface area contributed by atoms with Crippen LogP contribution < -0.4 is 20.4 Å². The second kappa shape index (κ2) is 9.16. The molecule has 2 saturated heterocycles. The Morgan fingerprint density at radius 1 is 1.03 bits per heavy atom. The quantitative estimate of drug-likeness (QED) is 0.786. The average molecular weight is 426 g/mol. The maximum atomic E-state index is 14.0. The van der Waals surface area contributed by atoms with Gasteiger partial charge in [0.05, 0.1) is 11.3 Å². The van der Waals surface area contributed by atoms with Crippen LogP contribution in [0.3, 0.4) is 0 Å². The third-order valence-electron chi connectivity index (χ3n) is 5.81. The Labute approximate surface area is 179 Å². The number of nitrogens with one attached hydrogen (secondary N) is 2. The van der Waals surface area contributed by atoms with Crippen LogP contribution >= 0.6 is 0 Å².